The van der Waals surface area contributed by atoms with Crippen molar-refractivity contribution in [2.45, 2.75) is 17.8 Å². The Morgan fingerprint density at radius 1 is 1.50 bits per heavy atom. The number of alkyl halides is 1. The predicted molar refractivity (Wildman–Crippen MR) is 58.4 cm³/mol. The molecule has 0 aliphatic carbocycles. The Morgan fingerprint density at radius 3 is 2.71 bits per heavy atom. The molecule has 0 heterocycles. The number of carbonyl (C=O) groups is 1. The summed E-state index contributed by atoms with van der Waals surface area (Å²) in [6, 6.07) is 6.90. The first kappa shape index (κ1) is 11.2. The summed E-state index contributed by atoms with van der Waals surface area (Å²) in [4.78, 5) is 10.5. The van der Waals surface area contributed by atoms with Crippen LogP contribution in [-0.2, 0) is 16.5 Å². The smallest absolute Gasteiger partial charge is 0.320 e. The highest BCUT2D eigenvalue weighted by Crippen LogP contribution is 2.10. The minimum Gasteiger partial charge on any atom is -0.480 e. The number of halogens is 1. The highest BCUT2D eigenvalue weighted by Gasteiger charge is 2.11. The number of hydrogen-bond acceptors (Lipinski definition) is 2. The summed E-state index contributed by atoms with van der Waals surface area (Å²) in [7, 11) is 0. The van der Waals surface area contributed by atoms with Gasteiger partial charge >= 0.3 is 5.97 Å². The number of benzene rings is 1. The summed E-state index contributed by atoms with van der Waals surface area (Å²) in [5.41, 5.74) is 7.51. The normalized spacial score (nSPS) is 12.4. The van der Waals surface area contributed by atoms with Crippen molar-refractivity contribution in [1.82, 2.24) is 0 Å². The molecule has 14 heavy (non-hydrogen) atoms. The molecule has 1 aromatic rings. The molecule has 4 heteroatoms. The maximum Gasteiger partial charge on any atom is 0.320 e. The number of carboxylic acids is 1. The topological polar surface area (TPSA) is 63.3 Å². The lowest BCUT2D eigenvalue weighted by Crippen LogP contribution is -2.32. The van der Waals surface area contributed by atoms with Gasteiger partial charge in [-0.25, -0.2) is 0 Å². The summed E-state index contributed by atoms with van der Waals surface area (Å²) in [5.74, 6) is -0.964. The van der Waals surface area contributed by atoms with E-state index in [2.05, 4.69) is 15.9 Å². The van der Waals surface area contributed by atoms with Gasteiger partial charge in [0.05, 0.1) is 0 Å². The zero-order chi connectivity index (χ0) is 10.6. The molecule has 3 N–H and O–H groups in total. The second kappa shape index (κ2) is 5.12. The van der Waals surface area contributed by atoms with Gasteiger partial charge in [0.15, 0.2) is 0 Å². The average Bonchev–Trinajstić information content (AvgIpc) is 2.18. The van der Waals surface area contributed by atoms with Crippen LogP contribution in [-0.4, -0.2) is 17.1 Å². The second-order valence-electron chi connectivity index (χ2n) is 3.10. The van der Waals surface area contributed by atoms with Gasteiger partial charge in [-0.1, -0.05) is 40.2 Å². The number of aliphatic carboxylic acids is 1. The Morgan fingerprint density at radius 2 is 2.14 bits per heavy atom. The Bertz CT molecular complexity index is 328. The third-order valence-electron chi connectivity index (χ3n) is 1.92. The third-order valence-corrected chi connectivity index (χ3v) is 2.57. The number of carboxylic acid groups (broad SMARTS) is 1. The Hall–Kier alpha value is -0.870. The van der Waals surface area contributed by atoms with Crippen LogP contribution < -0.4 is 5.73 Å². The third kappa shape index (κ3) is 3.12. The lowest BCUT2D eigenvalue weighted by atomic mass is 10.0. The van der Waals surface area contributed by atoms with Gasteiger partial charge in [0.1, 0.15) is 6.04 Å². The molecular weight excluding hydrogens is 246 g/mol. The van der Waals surface area contributed by atoms with E-state index in [1.54, 1.807) is 0 Å². The van der Waals surface area contributed by atoms with Crippen molar-refractivity contribution in [3.8, 4) is 0 Å². The molecule has 1 atom stereocenters. The van der Waals surface area contributed by atoms with Gasteiger partial charge in [0.25, 0.3) is 0 Å². The summed E-state index contributed by atoms with van der Waals surface area (Å²) in [6.07, 6.45) is 0.371. The van der Waals surface area contributed by atoms with E-state index in [4.69, 9.17) is 10.8 Å². The zero-order valence-electron chi connectivity index (χ0n) is 7.61. The van der Waals surface area contributed by atoms with Crippen LogP contribution >= 0.6 is 15.9 Å². The Balaban J connectivity index is 2.71. The molecule has 0 fully saturated rings. The molecule has 0 spiro atoms. The summed E-state index contributed by atoms with van der Waals surface area (Å²) < 4.78 is 0. The molecule has 0 bridgehead atoms. The van der Waals surface area contributed by atoms with Crippen molar-refractivity contribution in [3.63, 3.8) is 0 Å². The summed E-state index contributed by atoms with van der Waals surface area (Å²) in [6.45, 7) is 0. The molecule has 0 aromatic heterocycles. The molecule has 3 nitrogen and oxygen atoms in total. The quantitative estimate of drug-likeness (QED) is 0.805. The largest absolute Gasteiger partial charge is 0.480 e. The molecule has 0 amide bonds. The summed E-state index contributed by atoms with van der Waals surface area (Å²) >= 11 is 3.34. The van der Waals surface area contributed by atoms with Crippen molar-refractivity contribution in [2.24, 2.45) is 5.73 Å². The first-order chi connectivity index (χ1) is 6.63. The molecule has 0 aliphatic rings. The van der Waals surface area contributed by atoms with Gasteiger partial charge in [-0.15, -0.1) is 0 Å². The van der Waals surface area contributed by atoms with E-state index >= 15 is 0 Å². The average molecular weight is 258 g/mol. The first-order valence-electron chi connectivity index (χ1n) is 4.25. The Labute approximate surface area is 91.1 Å². The van der Waals surface area contributed by atoms with Crippen LogP contribution in [0.1, 0.15) is 11.1 Å². The van der Waals surface area contributed by atoms with Crippen molar-refractivity contribution >= 4 is 21.9 Å². The first-order valence-corrected chi connectivity index (χ1v) is 5.38. The Kier molecular flexibility index (Phi) is 4.10. The van der Waals surface area contributed by atoms with Gasteiger partial charge in [0, 0.05) is 5.33 Å². The van der Waals surface area contributed by atoms with Crippen molar-refractivity contribution in [3.05, 3.63) is 35.4 Å². The second-order valence-corrected chi connectivity index (χ2v) is 3.66. The fourth-order valence-corrected chi connectivity index (χ4v) is 1.53. The minimum atomic E-state index is -0.964. The van der Waals surface area contributed by atoms with Gasteiger partial charge in [-0.05, 0) is 17.5 Å². The zero-order valence-corrected chi connectivity index (χ0v) is 9.20. The fraction of sp³-hybridized carbons (Fsp3) is 0.300. The van der Waals surface area contributed by atoms with E-state index < -0.39 is 12.0 Å². The maximum atomic E-state index is 10.5. The van der Waals surface area contributed by atoms with Crippen LogP contribution in [0.25, 0.3) is 0 Å². The standard InChI is InChI=1S/C10H12BrNO2/c11-6-8-3-1-2-7(4-8)5-9(12)10(13)14/h1-4,9H,5-6,12H2,(H,13,14). The van der Waals surface area contributed by atoms with Crippen molar-refractivity contribution in [2.75, 3.05) is 0 Å². The molecule has 1 rings (SSSR count). The maximum absolute atomic E-state index is 10.5. The van der Waals surface area contributed by atoms with E-state index in [0.29, 0.717) is 6.42 Å². The molecule has 76 valence electrons. The predicted octanol–water partition coefficient (Wildman–Crippen LogP) is 1.54. The fourth-order valence-electron chi connectivity index (χ4n) is 1.18. The molecule has 0 saturated heterocycles. The molecule has 0 aliphatic heterocycles. The van der Waals surface area contributed by atoms with Crippen molar-refractivity contribution in [1.29, 1.82) is 0 Å². The van der Waals surface area contributed by atoms with Gasteiger partial charge in [0.2, 0.25) is 0 Å². The monoisotopic (exact) mass is 257 g/mol. The lowest BCUT2D eigenvalue weighted by Gasteiger charge is -2.07. The lowest BCUT2D eigenvalue weighted by molar-refractivity contribution is -0.138. The number of hydrogen-bond donors (Lipinski definition) is 2. The highest BCUT2D eigenvalue weighted by molar-refractivity contribution is 9.08. The van der Waals surface area contributed by atoms with Crippen LogP contribution in [0.15, 0.2) is 24.3 Å². The van der Waals surface area contributed by atoms with Crippen LogP contribution in [0.5, 0.6) is 0 Å². The van der Waals surface area contributed by atoms with E-state index in [-0.39, 0.29) is 0 Å². The highest BCUT2D eigenvalue weighted by atomic mass is 79.9. The van der Waals surface area contributed by atoms with E-state index in [0.717, 1.165) is 16.5 Å². The van der Waals surface area contributed by atoms with Crippen LogP contribution in [0, 0.1) is 0 Å². The molecule has 1 unspecified atom stereocenters. The van der Waals surface area contributed by atoms with Crippen molar-refractivity contribution < 1.29 is 9.90 Å². The molecule has 0 saturated carbocycles. The van der Waals surface area contributed by atoms with Crippen LogP contribution in [0.3, 0.4) is 0 Å². The number of rotatable bonds is 4. The van der Waals surface area contributed by atoms with Gasteiger partial charge in [-0.2, -0.15) is 0 Å². The molecule has 1 aromatic carbocycles. The number of nitrogens with two attached hydrogens (primary N) is 1. The van der Waals surface area contributed by atoms with E-state index in [1.807, 2.05) is 24.3 Å². The van der Waals surface area contributed by atoms with E-state index in [9.17, 15) is 4.79 Å². The van der Waals surface area contributed by atoms with Crippen LogP contribution in [0.2, 0.25) is 0 Å². The minimum absolute atomic E-state index is 0.371. The molecule has 0 radical (unpaired) electrons. The van der Waals surface area contributed by atoms with Gasteiger partial charge < -0.3 is 10.8 Å². The summed E-state index contributed by atoms with van der Waals surface area (Å²) in [5, 5.41) is 9.40. The van der Waals surface area contributed by atoms with Crippen LogP contribution in [0.4, 0.5) is 0 Å². The SMILES string of the molecule is NC(Cc1cccc(CBr)c1)C(=O)O. The van der Waals surface area contributed by atoms with Gasteiger partial charge in [-0.3, -0.25) is 4.79 Å². The molecular formula is C10H12BrNO2. The van der Waals surface area contributed by atoms with E-state index in [1.165, 1.54) is 0 Å².